The molecule has 0 spiro atoms. The molecule has 1 N–H and O–H groups in total. The molecule has 0 aromatic heterocycles. The van der Waals surface area contributed by atoms with E-state index in [0.29, 0.717) is 12.1 Å². The van der Waals surface area contributed by atoms with Crippen LogP contribution in [-0.2, 0) is 9.59 Å². The molecule has 0 radical (unpaired) electrons. The summed E-state index contributed by atoms with van der Waals surface area (Å²) >= 11 is 0. The van der Waals surface area contributed by atoms with Gasteiger partial charge in [0.15, 0.2) is 0 Å². The summed E-state index contributed by atoms with van der Waals surface area (Å²) in [7, 11) is 1.59. The molecule has 5 heteroatoms. The first-order valence-electron chi connectivity index (χ1n) is 6.36. The fourth-order valence-corrected chi connectivity index (χ4v) is 2.20. The summed E-state index contributed by atoms with van der Waals surface area (Å²) in [4.78, 5) is 25.8. The molecule has 2 atom stereocenters. The van der Waals surface area contributed by atoms with Crippen LogP contribution in [0.5, 0.6) is 5.75 Å². The van der Waals surface area contributed by atoms with Gasteiger partial charge in [0, 0.05) is 5.69 Å². The number of nitrogens with zero attached hydrogens (tertiary/aromatic N) is 1. The normalized spacial score (nSPS) is 23.2. The zero-order valence-electron chi connectivity index (χ0n) is 11.3. The second-order valence-corrected chi connectivity index (χ2v) is 4.55. The molecule has 102 valence electrons. The summed E-state index contributed by atoms with van der Waals surface area (Å²) in [5.74, 6) is 0.527. The fourth-order valence-electron chi connectivity index (χ4n) is 2.20. The van der Waals surface area contributed by atoms with E-state index in [1.165, 1.54) is 0 Å². The molecule has 2 unspecified atom stereocenters. The monoisotopic (exact) mass is 262 g/mol. The Balaban J connectivity index is 2.33. The average Bonchev–Trinajstić information content (AvgIpc) is 2.44. The lowest BCUT2D eigenvalue weighted by atomic mass is 10.1. The van der Waals surface area contributed by atoms with Crippen LogP contribution in [0.2, 0.25) is 0 Å². The van der Waals surface area contributed by atoms with Gasteiger partial charge in [0.05, 0.1) is 7.11 Å². The lowest BCUT2D eigenvalue weighted by molar-refractivity contribution is -0.133. The predicted octanol–water partition coefficient (Wildman–Crippen LogP) is 1.33. The minimum absolute atomic E-state index is 0.0697. The molecule has 1 aromatic rings. The van der Waals surface area contributed by atoms with E-state index in [4.69, 9.17) is 4.74 Å². The molecule has 0 aliphatic carbocycles. The van der Waals surface area contributed by atoms with Crippen LogP contribution in [-0.4, -0.2) is 31.0 Å². The van der Waals surface area contributed by atoms with Gasteiger partial charge in [-0.2, -0.15) is 0 Å². The Hall–Kier alpha value is -2.04. The molecule has 2 amide bonds. The van der Waals surface area contributed by atoms with Crippen molar-refractivity contribution in [2.45, 2.75) is 32.4 Å². The Labute approximate surface area is 112 Å². The van der Waals surface area contributed by atoms with Crippen LogP contribution < -0.4 is 15.0 Å². The number of carbonyl (C=O) groups is 2. The van der Waals surface area contributed by atoms with Gasteiger partial charge in [0.2, 0.25) is 11.8 Å². The molecule has 19 heavy (non-hydrogen) atoms. The highest BCUT2D eigenvalue weighted by Gasteiger charge is 2.37. The SMILES string of the molecule is CCC1NC(=O)C(C)N(c2ccc(OC)cc2)C1=O. The van der Waals surface area contributed by atoms with Gasteiger partial charge in [0.1, 0.15) is 17.8 Å². The van der Waals surface area contributed by atoms with Crippen molar-refractivity contribution in [2.75, 3.05) is 12.0 Å². The van der Waals surface area contributed by atoms with Crippen LogP contribution in [0.25, 0.3) is 0 Å². The number of hydrogen-bond acceptors (Lipinski definition) is 3. The standard InChI is InChI=1S/C14H18N2O3/c1-4-12-14(18)16(9(2)13(17)15-12)10-5-7-11(19-3)8-6-10/h5-9,12H,4H2,1-3H3,(H,15,17). The third-order valence-corrected chi connectivity index (χ3v) is 3.38. The van der Waals surface area contributed by atoms with E-state index in [0.717, 1.165) is 5.75 Å². The van der Waals surface area contributed by atoms with Crippen molar-refractivity contribution < 1.29 is 14.3 Å². The molecular weight excluding hydrogens is 244 g/mol. The van der Waals surface area contributed by atoms with Crippen molar-refractivity contribution in [3.63, 3.8) is 0 Å². The van der Waals surface area contributed by atoms with Crippen molar-refractivity contribution in [2.24, 2.45) is 0 Å². The number of piperazine rings is 1. The van der Waals surface area contributed by atoms with Crippen LogP contribution in [0.3, 0.4) is 0 Å². The molecule has 0 saturated carbocycles. The number of methoxy groups -OCH3 is 1. The van der Waals surface area contributed by atoms with Gasteiger partial charge in [-0.1, -0.05) is 6.92 Å². The van der Waals surface area contributed by atoms with E-state index in [9.17, 15) is 9.59 Å². The second kappa shape index (κ2) is 5.30. The van der Waals surface area contributed by atoms with E-state index in [1.54, 1.807) is 43.2 Å². The Morgan fingerprint density at radius 3 is 2.42 bits per heavy atom. The zero-order valence-corrected chi connectivity index (χ0v) is 11.3. The number of nitrogens with one attached hydrogen (secondary N) is 1. The quantitative estimate of drug-likeness (QED) is 0.894. The largest absolute Gasteiger partial charge is 0.497 e. The van der Waals surface area contributed by atoms with E-state index in [-0.39, 0.29) is 11.8 Å². The molecule has 1 aromatic carbocycles. The number of benzene rings is 1. The minimum Gasteiger partial charge on any atom is -0.497 e. The first kappa shape index (κ1) is 13.4. The summed E-state index contributed by atoms with van der Waals surface area (Å²) in [5, 5.41) is 2.73. The Morgan fingerprint density at radius 1 is 1.26 bits per heavy atom. The van der Waals surface area contributed by atoms with Gasteiger partial charge in [-0.15, -0.1) is 0 Å². The van der Waals surface area contributed by atoms with E-state index >= 15 is 0 Å². The van der Waals surface area contributed by atoms with Gasteiger partial charge < -0.3 is 10.1 Å². The second-order valence-electron chi connectivity index (χ2n) is 4.55. The van der Waals surface area contributed by atoms with Crippen molar-refractivity contribution >= 4 is 17.5 Å². The van der Waals surface area contributed by atoms with Crippen LogP contribution >= 0.6 is 0 Å². The third kappa shape index (κ3) is 2.41. The van der Waals surface area contributed by atoms with Crippen LogP contribution in [0.15, 0.2) is 24.3 Å². The number of ether oxygens (including phenoxy) is 1. The Bertz CT molecular complexity index is 484. The molecule has 0 bridgehead atoms. The maximum Gasteiger partial charge on any atom is 0.250 e. The van der Waals surface area contributed by atoms with Crippen LogP contribution in [0.4, 0.5) is 5.69 Å². The number of hydrogen-bond donors (Lipinski definition) is 1. The Kier molecular flexibility index (Phi) is 3.74. The van der Waals surface area contributed by atoms with E-state index in [2.05, 4.69) is 5.32 Å². The molecule has 1 fully saturated rings. The summed E-state index contributed by atoms with van der Waals surface area (Å²) in [6, 6.07) is 6.21. The van der Waals surface area contributed by atoms with Gasteiger partial charge in [-0.05, 0) is 37.6 Å². The molecule has 1 saturated heterocycles. The fraction of sp³-hybridized carbons (Fsp3) is 0.429. The van der Waals surface area contributed by atoms with Gasteiger partial charge in [0.25, 0.3) is 0 Å². The highest BCUT2D eigenvalue weighted by Crippen LogP contribution is 2.24. The number of rotatable bonds is 3. The molecule has 1 aliphatic rings. The number of carbonyl (C=O) groups excluding carboxylic acids is 2. The molecule has 1 heterocycles. The molecular formula is C14H18N2O3. The van der Waals surface area contributed by atoms with Crippen LogP contribution in [0.1, 0.15) is 20.3 Å². The first-order valence-corrected chi connectivity index (χ1v) is 6.36. The topological polar surface area (TPSA) is 58.6 Å². The van der Waals surface area contributed by atoms with Crippen molar-refractivity contribution in [3.8, 4) is 5.75 Å². The molecule has 2 rings (SSSR count). The molecule has 5 nitrogen and oxygen atoms in total. The van der Waals surface area contributed by atoms with Crippen molar-refractivity contribution in [1.29, 1.82) is 0 Å². The smallest absolute Gasteiger partial charge is 0.250 e. The van der Waals surface area contributed by atoms with Gasteiger partial charge in [-0.3, -0.25) is 14.5 Å². The zero-order chi connectivity index (χ0) is 14.0. The number of anilines is 1. The van der Waals surface area contributed by atoms with Crippen molar-refractivity contribution in [3.05, 3.63) is 24.3 Å². The maximum absolute atomic E-state index is 12.3. The number of amides is 2. The summed E-state index contributed by atoms with van der Waals surface area (Å²) < 4.78 is 5.09. The predicted molar refractivity (Wildman–Crippen MR) is 72.2 cm³/mol. The third-order valence-electron chi connectivity index (χ3n) is 3.38. The average molecular weight is 262 g/mol. The van der Waals surface area contributed by atoms with Crippen LogP contribution in [0, 0.1) is 0 Å². The highest BCUT2D eigenvalue weighted by atomic mass is 16.5. The highest BCUT2D eigenvalue weighted by molar-refractivity contribution is 6.08. The summed E-state index contributed by atoms with van der Waals surface area (Å²) in [5.41, 5.74) is 0.714. The van der Waals surface area contributed by atoms with E-state index < -0.39 is 12.1 Å². The lowest BCUT2D eigenvalue weighted by Crippen LogP contribution is -2.62. The Morgan fingerprint density at radius 2 is 1.89 bits per heavy atom. The van der Waals surface area contributed by atoms with E-state index in [1.807, 2.05) is 6.92 Å². The maximum atomic E-state index is 12.3. The minimum atomic E-state index is -0.497. The van der Waals surface area contributed by atoms with Crippen molar-refractivity contribution in [1.82, 2.24) is 5.32 Å². The summed E-state index contributed by atoms with van der Waals surface area (Å²) in [6.45, 7) is 3.61. The lowest BCUT2D eigenvalue weighted by Gasteiger charge is -2.37. The summed E-state index contributed by atoms with van der Waals surface area (Å²) in [6.07, 6.45) is 0.587. The van der Waals surface area contributed by atoms with Gasteiger partial charge >= 0.3 is 0 Å². The molecule has 1 aliphatic heterocycles. The van der Waals surface area contributed by atoms with Gasteiger partial charge in [-0.25, -0.2) is 0 Å². The first-order chi connectivity index (χ1) is 9.08.